The lowest BCUT2D eigenvalue weighted by molar-refractivity contribution is 0.0341. The van der Waals surface area contributed by atoms with Gasteiger partial charge in [-0.15, -0.1) is 11.3 Å². The van der Waals surface area contributed by atoms with E-state index in [1.165, 1.54) is 11.3 Å². The number of nitrogens with zero attached hydrogens (tertiary/aromatic N) is 2. The fourth-order valence-electron chi connectivity index (χ4n) is 2.25. The number of nitrogens with one attached hydrogen (secondary N) is 1. The predicted octanol–water partition coefficient (Wildman–Crippen LogP) is 2.64. The van der Waals surface area contributed by atoms with E-state index in [9.17, 15) is 18.0 Å². The van der Waals surface area contributed by atoms with Gasteiger partial charge in [0.05, 0.1) is 25.4 Å². The number of thiazole rings is 1. The molecule has 1 saturated heterocycles. The molecule has 2 heterocycles. The van der Waals surface area contributed by atoms with Crippen LogP contribution in [-0.2, 0) is 11.3 Å². The SMILES string of the molecule is O=C(Nc1ccc(F)c(F)c1F)c1csc(CN2CCOCC2)n1. The molecule has 1 aromatic heterocycles. The van der Waals surface area contributed by atoms with E-state index >= 15 is 0 Å². The number of amides is 1. The van der Waals surface area contributed by atoms with Crippen LogP contribution in [0.1, 0.15) is 15.5 Å². The van der Waals surface area contributed by atoms with Crippen LogP contribution in [-0.4, -0.2) is 42.1 Å². The van der Waals surface area contributed by atoms with Crippen LogP contribution in [0.5, 0.6) is 0 Å². The molecule has 0 bridgehead atoms. The van der Waals surface area contributed by atoms with Crippen molar-refractivity contribution < 1.29 is 22.7 Å². The van der Waals surface area contributed by atoms with E-state index < -0.39 is 29.0 Å². The molecule has 2 aromatic rings. The van der Waals surface area contributed by atoms with E-state index in [2.05, 4.69) is 15.2 Å². The summed E-state index contributed by atoms with van der Waals surface area (Å²) < 4.78 is 44.9. The Bertz CT molecular complexity index is 748. The minimum absolute atomic E-state index is 0.104. The third kappa shape index (κ3) is 3.74. The Kier molecular flexibility index (Phi) is 5.12. The van der Waals surface area contributed by atoms with Crippen molar-refractivity contribution in [3.8, 4) is 0 Å². The molecule has 0 atom stereocenters. The first-order valence-corrected chi connectivity index (χ1v) is 8.12. The summed E-state index contributed by atoms with van der Waals surface area (Å²) in [5.74, 6) is -5.05. The fourth-order valence-corrected chi connectivity index (χ4v) is 3.06. The molecule has 128 valence electrons. The van der Waals surface area contributed by atoms with E-state index in [0.29, 0.717) is 19.8 Å². The Balaban J connectivity index is 1.66. The Hall–Kier alpha value is -1.97. The van der Waals surface area contributed by atoms with Crippen molar-refractivity contribution in [2.45, 2.75) is 6.54 Å². The molecule has 1 fully saturated rings. The van der Waals surface area contributed by atoms with Crippen LogP contribution in [0.2, 0.25) is 0 Å². The largest absolute Gasteiger partial charge is 0.379 e. The first-order chi connectivity index (χ1) is 11.5. The van der Waals surface area contributed by atoms with Gasteiger partial charge in [-0.1, -0.05) is 0 Å². The van der Waals surface area contributed by atoms with Gasteiger partial charge in [0.1, 0.15) is 10.7 Å². The quantitative estimate of drug-likeness (QED) is 0.855. The molecule has 1 aliphatic rings. The Labute approximate surface area is 140 Å². The molecule has 9 heteroatoms. The second-order valence-corrected chi connectivity index (χ2v) is 6.13. The topological polar surface area (TPSA) is 54.5 Å². The van der Waals surface area contributed by atoms with Gasteiger partial charge in [-0.3, -0.25) is 9.69 Å². The number of hydrogen-bond acceptors (Lipinski definition) is 5. The summed E-state index contributed by atoms with van der Waals surface area (Å²) in [4.78, 5) is 18.4. The van der Waals surface area contributed by atoms with Crippen LogP contribution in [0.15, 0.2) is 17.5 Å². The van der Waals surface area contributed by atoms with Gasteiger partial charge in [-0.05, 0) is 12.1 Å². The zero-order chi connectivity index (χ0) is 17.1. The molecule has 1 aliphatic heterocycles. The fraction of sp³-hybridized carbons (Fsp3) is 0.333. The van der Waals surface area contributed by atoms with Gasteiger partial charge in [0, 0.05) is 18.5 Å². The van der Waals surface area contributed by atoms with Crippen LogP contribution in [0.4, 0.5) is 18.9 Å². The molecule has 0 aliphatic carbocycles. The summed E-state index contributed by atoms with van der Waals surface area (Å²) in [5, 5.41) is 4.49. The zero-order valence-electron chi connectivity index (χ0n) is 12.5. The Morgan fingerprint density at radius 2 is 2.00 bits per heavy atom. The molecule has 5 nitrogen and oxygen atoms in total. The normalized spacial score (nSPS) is 15.5. The number of ether oxygens (including phenoxy) is 1. The van der Waals surface area contributed by atoms with Crippen molar-refractivity contribution in [3.05, 3.63) is 45.7 Å². The zero-order valence-corrected chi connectivity index (χ0v) is 13.3. The molecular weight excluding hydrogens is 343 g/mol. The summed E-state index contributed by atoms with van der Waals surface area (Å²) >= 11 is 1.31. The lowest BCUT2D eigenvalue weighted by Crippen LogP contribution is -2.35. The van der Waals surface area contributed by atoms with Gasteiger partial charge in [0.25, 0.3) is 5.91 Å². The monoisotopic (exact) mass is 357 g/mol. The number of halogens is 3. The van der Waals surface area contributed by atoms with Crippen LogP contribution in [0.3, 0.4) is 0 Å². The highest BCUT2D eigenvalue weighted by Gasteiger charge is 2.18. The maximum absolute atomic E-state index is 13.6. The maximum Gasteiger partial charge on any atom is 0.275 e. The van der Waals surface area contributed by atoms with Crippen molar-refractivity contribution in [2.75, 3.05) is 31.6 Å². The number of carbonyl (C=O) groups excluding carboxylic acids is 1. The van der Waals surface area contributed by atoms with Crippen LogP contribution < -0.4 is 5.32 Å². The van der Waals surface area contributed by atoms with Gasteiger partial charge < -0.3 is 10.1 Å². The molecule has 24 heavy (non-hydrogen) atoms. The van der Waals surface area contributed by atoms with Crippen molar-refractivity contribution >= 4 is 22.9 Å². The van der Waals surface area contributed by atoms with E-state index in [0.717, 1.165) is 30.2 Å². The highest BCUT2D eigenvalue weighted by atomic mass is 32.1. The summed E-state index contributed by atoms with van der Waals surface area (Å²) in [7, 11) is 0. The lowest BCUT2D eigenvalue weighted by Gasteiger charge is -2.25. The molecule has 1 aromatic carbocycles. The van der Waals surface area contributed by atoms with Crippen LogP contribution in [0, 0.1) is 17.5 Å². The summed E-state index contributed by atoms with van der Waals surface area (Å²) in [5.41, 5.74) is -0.325. The molecule has 3 rings (SSSR count). The third-order valence-corrected chi connectivity index (χ3v) is 4.36. The number of rotatable bonds is 4. The van der Waals surface area contributed by atoms with E-state index in [1.54, 1.807) is 5.38 Å². The van der Waals surface area contributed by atoms with Crippen molar-refractivity contribution in [1.82, 2.24) is 9.88 Å². The average Bonchev–Trinajstić information content (AvgIpc) is 3.05. The summed E-state index contributed by atoms with van der Waals surface area (Å²) in [6.07, 6.45) is 0. The number of benzene rings is 1. The molecule has 1 N–H and O–H groups in total. The van der Waals surface area contributed by atoms with Gasteiger partial charge in [0.2, 0.25) is 0 Å². The predicted molar refractivity (Wildman–Crippen MR) is 82.5 cm³/mol. The van der Waals surface area contributed by atoms with Gasteiger partial charge in [-0.2, -0.15) is 0 Å². The number of aromatic nitrogens is 1. The second kappa shape index (κ2) is 7.29. The molecular formula is C15H14F3N3O2S. The smallest absolute Gasteiger partial charge is 0.275 e. The molecule has 0 unspecified atom stereocenters. The average molecular weight is 357 g/mol. The Morgan fingerprint density at radius 3 is 2.75 bits per heavy atom. The Morgan fingerprint density at radius 1 is 1.25 bits per heavy atom. The van der Waals surface area contributed by atoms with E-state index in [4.69, 9.17) is 4.74 Å². The number of hydrogen-bond donors (Lipinski definition) is 1. The first-order valence-electron chi connectivity index (χ1n) is 7.24. The first kappa shape index (κ1) is 16.9. The second-order valence-electron chi connectivity index (χ2n) is 5.19. The van der Waals surface area contributed by atoms with Crippen molar-refractivity contribution in [1.29, 1.82) is 0 Å². The molecule has 1 amide bonds. The van der Waals surface area contributed by atoms with Gasteiger partial charge in [0.15, 0.2) is 17.5 Å². The van der Waals surface area contributed by atoms with Crippen molar-refractivity contribution in [3.63, 3.8) is 0 Å². The number of carbonyl (C=O) groups is 1. The van der Waals surface area contributed by atoms with E-state index in [-0.39, 0.29) is 5.69 Å². The molecule has 0 spiro atoms. The van der Waals surface area contributed by atoms with Crippen molar-refractivity contribution in [2.24, 2.45) is 0 Å². The maximum atomic E-state index is 13.6. The lowest BCUT2D eigenvalue weighted by atomic mass is 10.2. The highest BCUT2D eigenvalue weighted by Crippen LogP contribution is 2.21. The van der Waals surface area contributed by atoms with Crippen LogP contribution in [0.25, 0.3) is 0 Å². The minimum Gasteiger partial charge on any atom is -0.379 e. The highest BCUT2D eigenvalue weighted by molar-refractivity contribution is 7.09. The van der Waals surface area contributed by atoms with E-state index in [1.807, 2.05) is 0 Å². The standard InChI is InChI=1S/C15H14F3N3O2S/c16-9-1-2-10(14(18)13(9)17)20-15(22)11-8-24-12(19-11)7-21-3-5-23-6-4-21/h1-2,8H,3-7H2,(H,20,22). The van der Waals surface area contributed by atoms with Gasteiger partial charge >= 0.3 is 0 Å². The summed E-state index contributed by atoms with van der Waals surface area (Å²) in [6.45, 7) is 3.51. The number of anilines is 1. The molecule has 0 saturated carbocycles. The van der Waals surface area contributed by atoms with Gasteiger partial charge in [-0.25, -0.2) is 18.2 Å². The summed E-state index contributed by atoms with van der Waals surface area (Å²) in [6, 6.07) is 1.71. The minimum atomic E-state index is -1.63. The van der Waals surface area contributed by atoms with Crippen LogP contribution >= 0.6 is 11.3 Å². The third-order valence-electron chi connectivity index (χ3n) is 3.53. The molecule has 0 radical (unpaired) electrons. The number of morpholine rings is 1.